The molecule has 0 bridgehead atoms. The van der Waals surface area contributed by atoms with E-state index in [1.54, 1.807) is 0 Å². The lowest BCUT2D eigenvalue weighted by atomic mass is 10.0. The molecule has 1 N–H and O–H groups in total. The van der Waals surface area contributed by atoms with Gasteiger partial charge >= 0.3 is 0 Å². The Kier molecular flexibility index (Phi) is 2.70. The van der Waals surface area contributed by atoms with Crippen LogP contribution in [-0.2, 0) is 0 Å². The lowest BCUT2D eigenvalue weighted by molar-refractivity contribution is 0.528. The molecule has 1 aliphatic carbocycles. The molecular formula is C11H14BrN. The molecule has 70 valence electrons. The molecule has 0 amide bonds. The molecule has 1 aromatic carbocycles. The van der Waals surface area contributed by atoms with Crippen molar-refractivity contribution in [1.29, 1.82) is 0 Å². The molecule has 2 heteroatoms. The second kappa shape index (κ2) is 3.81. The van der Waals surface area contributed by atoms with Gasteiger partial charge in [-0.05, 0) is 43.5 Å². The van der Waals surface area contributed by atoms with Gasteiger partial charge in [-0.15, -0.1) is 0 Å². The summed E-state index contributed by atoms with van der Waals surface area (Å²) in [6, 6.07) is 9.14. The van der Waals surface area contributed by atoms with Crippen LogP contribution in [0.2, 0.25) is 0 Å². The topological polar surface area (TPSA) is 12.0 Å². The monoisotopic (exact) mass is 239 g/mol. The van der Waals surface area contributed by atoms with Gasteiger partial charge in [0.1, 0.15) is 0 Å². The van der Waals surface area contributed by atoms with Gasteiger partial charge in [-0.25, -0.2) is 0 Å². The Morgan fingerprint density at radius 3 is 2.77 bits per heavy atom. The van der Waals surface area contributed by atoms with Crippen molar-refractivity contribution in [2.24, 2.45) is 5.92 Å². The molecule has 0 spiro atoms. The second-order valence-corrected chi connectivity index (χ2v) is 4.57. The first-order chi connectivity index (χ1) is 6.31. The molecule has 2 rings (SSSR count). The second-order valence-electron chi connectivity index (χ2n) is 3.66. The molecule has 13 heavy (non-hydrogen) atoms. The predicted molar refractivity (Wildman–Crippen MR) is 58.7 cm³/mol. The van der Waals surface area contributed by atoms with E-state index < -0.39 is 0 Å². The first-order valence-electron chi connectivity index (χ1n) is 4.74. The van der Waals surface area contributed by atoms with Crippen LogP contribution in [-0.4, -0.2) is 7.05 Å². The van der Waals surface area contributed by atoms with Gasteiger partial charge in [0.25, 0.3) is 0 Å². The molecule has 0 saturated heterocycles. The average Bonchev–Trinajstić information content (AvgIpc) is 2.90. The van der Waals surface area contributed by atoms with Crippen LogP contribution in [0.25, 0.3) is 0 Å². The summed E-state index contributed by atoms with van der Waals surface area (Å²) in [5.41, 5.74) is 1.40. The van der Waals surface area contributed by atoms with Crippen LogP contribution in [0.1, 0.15) is 24.4 Å². The fraction of sp³-hybridized carbons (Fsp3) is 0.455. The summed E-state index contributed by atoms with van der Waals surface area (Å²) in [4.78, 5) is 0. The van der Waals surface area contributed by atoms with Gasteiger partial charge in [0, 0.05) is 10.5 Å². The zero-order chi connectivity index (χ0) is 9.26. The highest BCUT2D eigenvalue weighted by Gasteiger charge is 2.30. The number of benzene rings is 1. The van der Waals surface area contributed by atoms with Crippen molar-refractivity contribution in [2.45, 2.75) is 18.9 Å². The lowest BCUT2D eigenvalue weighted by Gasteiger charge is -2.15. The van der Waals surface area contributed by atoms with Crippen molar-refractivity contribution in [3.05, 3.63) is 34.3 Å². The summed E-state index contributed by atoms with van der Waals surface area (Å²) >= 11 is 3.50. The Morgan fingerprint density at radius 2 is 2.23 bits per heavy atom. The molecule has 0 aromatic heterocycles. The summed E-state index contributed by atoms with van der Waals surface area (Å²) in [5, 5.41) is 3.39. The minimum atomic E-state index is 0.553. The van der Waals surface area contributed by atoms with Crippen molar-refractivity contribution in [3.8, 4) is 0 Å². The minimum Gasteiger partial charge on any atom is -0.313 e. The highest BCUT2D eigenvalue weighted by Crippen LogP contribution is 2.41. The third kappa shape index (κ3) is 2.12. The number of hydrogen-bond acceptors (Lipinski definition) is 1. The van der Waals surface area contributed by atoms with Crippen LogP contribution >= 0.6 is 15.9 Å². The summed E-state index contributed by atoms with van der Waals surface area (Å²) < 4.78 is 1.17. The molecule has 1 saturated carbocycles. The third-order valence-corrected chi connectivity index (χ3v) is 3.11. The number of halogens is 1. The molecule has 0 heterocycles. The molecule has 0 aliphatic heterocycles. The van der Waals surface area contributed by atoms with Crippen LogP contribution in [0.4, 0.5) is 0 Å². The zero-order valence-corrected chi connectivity index (χ0v) is 9.34. The standard InChI is InChI=1S/C11H14BrN/c1-13-11(8-5-6-8)9-3-2-4-10(12)7-9/h2-4,7-8,11,13H,5-6H2,1H3. The first kappa shape index (κ1) is 9.22. The maximum Gasteiger partial charge on any atom is 0.0346 e. The first-order valence-corrected chi connectivity index (χ1v) is 5.53. The summed E-state index contributed by atoms with van der Waals surface area (Å²) in [6.07, 6.45) is 2.75. The van der Waals surface area contributed by atoms with Gasteiger partial charge in [-0.2, -0.15) is 0 Å². The predicted octanol–water partition coefficient (Wildman–Crippen LogP) is 3.12. The number of hydrogen-bond donors (Lipinski definition) is 1. The molecule has 1 unspecified atom stereocenters. The van der Waals surface area contributed by atoms with Crippen LogP contribution < -0.4 is 5.32 Å². The van der Waals surface area contributed by atoms with E-state index in [-0.39, 0.29) is 0 Å². The van der Waals surface area contributed by atoms with Gasteiger partial charge in [0.15, 0.2) is 0 Å². The Bertz CT molecular complexity index is 294. The maximum absolute atomic E-state index is 3.50. The fourth-order valence-corrected chi connectivity index (χ4v) is 2.22. The summed E-state index contributed by atoms with van der Waals surface area (Å²) in [6.45, 7) is 0. The van der Waals surface area contributed by atoms with Crippen molar-refractivity contribution in [1.82, 2.24) is 5.32 Å². The fourth-order valence-electron chi connectivity index (χ4n) is 1.80. The zero-order valence-electron chi connectivity index (χ0n) is 7.76. The Balaban J connectivity index is 2.21. The Morgan fingerprint density at radius 1 is 1.46 bits per heavy atom. The van der Waals surface area contributed by atoms with Crippen LogP contribution in [0.15, 0.2) is 28.7 Å². The Hall–Kier alpha value is -0.340. The van der Waals surface area contributed by atoms with Gasteiger partial charge in [-0.3, -0.25) is 0 Å². The molecule has 0 radical (unpaired) electrons. The van der Waals surface area contributed by atoms with Crippen LogP contribution in [0.3, 0.4) is 0 Å². The Labute approximate surface area is 87.7 Å². The molecule has 1 aliphatic rings. The molecular weight excluding hydrogens is 226 g/mol. The van der Waals surface area contributed by atoms with E-state index >= 15 is 0 Å². The normalized spacial score (nSPS) is 18.6. The third-order valence-electron chi connectivity index (χ3n) is 2.61. The largest absolute Gasteiger partial charge is 0.313 e. The van der Waals surface area contributed by atoms with E-state index in [0.717, 1.165) is 5.92 Å². The SMILES string of the molecule is CNC(c1cccc(Br)c1)C1CC1. The van der Waals surface area contributed by atoms with E-state index in [4.69, 9.17) is 0 Å². The van der Waals surface area contributed by atoms with Gasteiger partial charge in [0.2, 0.25) is 0 Å². The summed E-state index contributed by atoms with van der Waals surface area (Å²) in [5.74, 6) is 0.860. The van der Waals surface area contributed by atoms with E-state index in [1.165, 1.54) is 22.9 Å². The molecule has 1 atom stereocenters. The van der Waals surface area contributed by atoms with Crippen molar-refractivity contribution >= 4 is 15.9 Å². The highest BCUT2D eigenvalue weighted by atomic mass is 79.9. The van der Waals surface area contributed by atoms with Gasteiger partial charge < -0.3 is 5.32 Å². The van der Waals surface area contributed by atoms with Crippen molar-refractivity contribution in [2.75, 3.05) is 7.05 Å². The lowest BCUT2D eigenvalue weighted by Crippen LogP contribution is -2.18. The molecule has 1 nitrogen and oxygen atoms in total. The van der Waals surface area contributed by atoms with E-state index in [0.29, 0.717) is 6.04 Å². The van der Waals surface area contributed by atoms with E-state index in [2.05, 4.69) is 45.5 Å². The smallest absolute Gasteiger partial charge is 0.0346 e. The molecule has 1 fully saturated rings. The van der Waals surface area contributed by atoms with E-state index in [1.807, 2.05) is 7.05 Å². The summed E-state index contributed by atoms with van der Waals surface area (Å²) in [7, 11) is 2.05. The van der Waals surface area contributed by atoms with Crippen molar-refractivity contribution < 1.29 is 0 Å². The van der Waals surface area contributed by atoms with E-state index in [9.17, 15) is 0 Å². The average molecular weight is 240 g/mol. The minimum absolute atomic E-state index is 0.553. The van der Waals surface area contributed by atoms with Gasteiger partial charge in [0.05, 0.1) is 0 Å². The van der Waals surface area contributed by atoms with Crippen LogP contribution in [0.5, 0.6) is 0 Å². The maximum atomic E-state index is 3.50. The quantitative estimate of drug-likeness (QED) is 0.855. The molecule has 1 aromatic rings. The van der Waals surface area contributed by atoms with Crippen molar-refractivity contribution in [3.63, 3.8) is 0 Å². The highest BCUT2D eigenvalue weighted by molar-refractivity contribution is 9.10. The van der Waals surface area contributed by atoms with Gasteiger partial charge in [-0.1, -0.05) is 28.1 Å². The number of rotatable bonds is 3. The van der Waals surface area contributed by atoms with Crippen LogP contribution in [0, 0.1) is 5.92 Å². The number of nitrogens with one attached hydrogen (secondary N) is 1.